The largest absolute Gasteiger partial charge is 0.339 e. The Hall–Kier alpha value is -2.38. The van der Waals surface area contributed by atoms with E-state index in [4.69, 9.17) is 11.6 Å². The second-order valence-corrected chi connectivity index (χ2v) is 9.08. The second kappa shape index (κ2) is 9.18. The van der Waals surface area contributed by atoms with Gasteiger partial charge in [-0.1, -0.05) is 23.7 Å². The van der Waals surface area contributed by atoms with Gasteiger partial charge in [-0.2, -0.15) is 0 Å². The number of benzene rings is 1. The summed E-state index contributed by atoms with van der Waals surface area (Å²) in [6.07, 6.45) is 1.63. The molecular weight excluding hydrogens is 422 g/mol. The van der Waals surface area contributed by atoms with Gasteiger partial charge in [0.25, 0.3) is 11.8 Å². The number of amides is 3. The van der Waals surface area contributed by atoms with Gasteiger partial charge < -0.3 is 14.7 Å². The summed E-state index contributed by atoms with van der Waals surface area (Å²) in [5, 5.41) is 2.43. The molecule has 0 N–H and O–H groups in total. The van der Waals surface area contributed by atoms with Gasteiger partial charge in [0.05, 0.1) is 10.8 Å². The van der Waals surface area contributed by atoms with Crippen LogP contribution in [0.3, 0.4) is 0 Å². The van der Waals surface area contributed by atoms with E-state index in [2.05, 4.69) is 0 Å². The van der Waals surface area contributed by atoms with Gasteiger partial charge in [-0.25, -0.2) is 0 Å². The predicted molar refractivity (Wildman–Crippen MR) is 117 cm³/mol. The molecule has 2 aromatic rings. The number of piperidine rings is 1. The molecule has 158 valence electrons. The molecule has 0 bridgehead atoms. The zero-order chi connectivity index (χ0) is 21.1. The maximum atomic E-state index is 13.1. The van der Waals surface area contributed by atoms with E-state index in [1.54, 1.807) is 34.1 Å². The highest BCUT2D eigenvalue weighted by molar-refractivity contribution is 7.12. The first-order valence-corrected chi connectivity index (χ1v) is 11.4. The molecule has 0 radical (unpaired) electrons. The highest BCUT2D eigenvalue weighted by Crippen LogP contribution is 2.23. The van der Waals surface area contributed by atoms with Crippen LogP contribution in [0.25, 0.3) is 0 Å². The van der Waals surface area contributed by atoms with Gasteiger partial charge in [0.2, 0.25) is 5.91 Å². The molecule has 2 fully saturated rings. The Morgan fingerprint density at radius 2 is 1.67 bits per heavy atom. The van der Waals surface area contributed by atoms with Crippen molar-refractivity contribution < 1.29 is 14.4 Å². The van der Waals surface area contributed by atoms with Crippen molar-refractivity contribution in [2.75, 3.05) is 39.3 Å². The summed E-state index contributed by atoms with van der Waals surface area (Å²) in [7, 11) is 0. The molecule has 6 nitrogen and oxygen atoms in total. The predicted octanol–water partition coefficient (Wildman–Crippen LogP) is 3.24. The Balaban J connectivity index is 1.32. The molecule has 1 aromatic carbocycles. The minimum absolute atomic E-state index is 0.0134. The lowest BCUT2D eigenvalue weighted by molar-refractivity contribution is -0.138. The third-order valence-corrected chi connectivity index (χ3v) is 6.83. The summed E-state index contributed by atoms with van der Waals surface area (Å²) in [6.45, 7) is 3.20. The fraction of sp³-hybridized carbons (Fsp3) is 0.409. The summed E-state index contributed by atoms with van der Waals surface area (Å²) < 4.78 is 0. The summed E-state index contributed by atoms with van der Waals surface area (Å²) in [5.74, 6) is -0.124. The lowest BCUT2D eigenvalue weighted by atomic mass is 9.96. The highest BCUT2D eigenvalue weighted by Gasteiger charge is 2.33. The number of hydrogen-bond acceptors (Lipinski definition) is 4. The minimum Gasteiger partial charge on any atom is -0.339 e. The number of halogens is 1. The topological polar surface area (TPSA) is 60.9 Å². The van der Waals surface area contributed by atoms with Crippen molar-refractivity contribution in [1.29, 1.82) is 0 Å². The number of hydrogen-bond donors (Lipinski definition) is 0. The quantitative estimate of drug-likeness (QED) is 0.728. The molecule has 2 aliphatic heterocycles. The maximum Gasteiger partial charge on any atom is 0.263 e. The van der Waals surface area contributed by atoms with Gasteiger partial charge in [-0.3, -0.25) is 14.4 Å². The monoisotopic (exact) mass is 445 g/mol. The maximum absolute atomic E-state index is 13.1. The zero-order valence-electron chi connectivity index (χ0n) is 16.6. The van der Waals surface area contributed by atoms with Crippen LogP contribution in [0.1, 0.15) is 32.9 Å². The van der Waals surface area contributed by atoms with Crippen LogP contribution in [0.2, 0.25) is 5.02 Å². The molecule has 0 aliphatic carbocycles. The molecule has 0 spiro atoms. The first-order valence-electron chi connectivity index (χ1n) is 10.2. The van der Waals surface area contributed by atoms with Crippen LogP contribution in [0.4, 0.5) is 0 Å². The van der Waals surface area contributed by atoms with Gasteiger partial charge in [0.1, 0.15) is 0 Å². The van der Waals surface area contributed by atoms with Crippen molar-refractivity contribution in [3.8, 4) is 0 Å². The van der Waals surface area contributed by atoms with Crippen molar-refractivity contribution in [1.82, 2.24) is 14.7 Å². The van der Waals surface area contributed by atoms with E-state index in [9.17, 15) is 14.4 Å². The fourth-order valence-electron chi connectivity index (χ4n) is 4.11. The molecule has 1 aromatic heterocycles. The van der Waals surface area contributed by atoms with E-state index in [-0.39, 0.29) is 23.6 Å². The van der Waals surface area contributed by atoms with Gasteiger partial charge in [-0.15, -0.1) is 11.3 Å². The van der Waals surface area contributed by atoms with E-state index in [0.717, 1.165) is 17.7 Å². The van der Waals surface area contributed by atoms with Crippen molar-refractivity contribution in [3.63, 3.8) is 0 Å². The number of rotatable bonds is 3. The van der Waals surface area contributed by atoms with Gasteiger partial charge in [-0.05, 0) is 42.5 Å². The Morgan fingerprint density at radius 1 is 0.900 bits per heavy atom. The van der Waals surface area contributed by atoms with Crippen LogP contribution in [0, 0.1) is 5.92 Å². The average molecular weight is 446 g/mol. The molecule has 8 heteroatoms. The van der Waals surface area contributed by atoms with Gasteiger partial charge in [0.15, 0.2) is 0 Å². The SMILES string of the molecule is O=C(c1cccc(Cl)c1)N1CCN(C(=O)C2CCCN(C(=O)c3cccs3)C2)CC1. The summed E-state index contributed by atoms with van der Waals surface area (Å²) >= 11 is 7.43. The van der Waals surface area contributed by atoms with Crippen LogP contribution < -0.4 is 0 Å². The van der Waals surface area contributed by atoms with Crippen molar-refractivity contribution in [3.05, 3.63) is 57.2 Å². The summed E-state index contributed by atoms with van der Waals surface area (Å²) in [6, 6.07) is 10.6. The van der Waals surface area contributed by atoms with E-state index >= 15 is 0 Å². The number of thiophene rings is 1. The van der Waals surface area contributed by atoms with Crippen LogP contribution in [0.5, 0.6) is 0 Å². The first kappa shape index (κ1) is 20.9. The van der Waals surface area contributed by atoms with Crippen molar-refractivity contribution in [2.45, 2.75) is 12.8 Å². The first-order chi connectivity index (χ1) is 14.5. The number of piperazine rings is 1. The normalized spacial score (nSPS) is 19.6. The van der Waals surface area contributed by atoms with E-state index in [1.165, 1.54) is 11.3 Å². The third-order valence-electron chi connectivity index (χ3n) is 5.74. The third kappa shape index (κ3) is 4.52. The highest BCUT2D eigenvalue weighted by atomic mass is 35.5. The van der Waals surface area contributed by atoms with Gasteiger partial charge in [0, 0.05) is 49.9 Å². The van der Waals surface area contributed by atoms with Crippen LogP contribution in [-0.4, -0.2) is 71.7 Å². The zero-order valence-corrected chi connectivity index (χ0v) is 18.2. The number of likely N-dealkylation sites (tertiary alicyclic amines) is 1. The standard InChI is InChI=1S/C22H24ClN3O3S/c23-18-6-1-4-16(14-18)20(27)24-9-11-25(12-10-24)21(28)17-5-2-8-26(15-17)22(29)19-7-3-13-30-19/h1,3-4,6-7,13-14,17H,2,5,8-12,15H2. The average Bonchev–Trinajstić information content (AvgIpc) is 3.33. The molecule has 2 aliphatic rings. The number of nitrogens with zero attached hydrogens (tertiary/aromatic N) is 3. The minimum atomic E-state index is -0.169. The molecule has 3 heterocycles. The number of carbonyl (C=O) groups excluding carboxylic acids is 3. The Bertz CT molecular complexity index is 925. The molecule has 30 heavy (non-hydrogen) atoms. The molecule has 1 unspecified atom stereocenters. The molecule has 2 saturated heterocycles. The lowest BCUT2D eigenvalue weighted by Crippen LogP contribution is -2.54. The van der Waals surface area contributed by atoms with Crippen LogP contribution in [-0.2, 0) is 4.79 Å². The summed E-state index contributed by atoms with van der Waals surface area (Å²) in [5.41, 5.74) is 0.567. The second-order valence-electron chi connectivity index (χ2n) is 7.70. The molecule has 3 amide bonds. The Labute approximate surface area is 185 Å². The molecule has 4 rings (SSSR count). The Morgan fingerprint density at radius 3 is 2.37 bits per heavy atom. The van der Waals surface area contributed by atoms with Gasteiger partial charge >= 0.3 is 0 Å². The van der Waals surface area contributed by atoms with Crippen LogP contribution in [0.15, 0.2) is 41.8 Å². The number of carbonyl (C=O) groups is 3. The van der Waals surface area contributed by atoms with Crippen molar-refractivity contribution in [2.24, 2.45) is 5.92 Å². The van der Waals surface area contributed by atoms with E-state index < -0.39 is 0 Å². The molecule has 1 atom stereocenters. The smallest absolute Gasteiger partial charge is 0.263 e. The van der Waals surface area contributed by atoms with E-state index in [1.807, 2.05) is 22.4 Å². The van der Waals surface area contributed by atoms with E-state index in [0.29, 0.717) is 49.9 Å². The molecular formula is C22H24ClN3O3S. The lowest BCUT2D eigenvalue weighted by Gasteiger charge is -2.39. The molecule has 0 saturated carbocycles. The van der Waals surface area contributed by atoms with Crippen molar-refractivity contribution >= 4 is 40.7 Å². The van der Waals surface area contributed by atoms with Crippen LogP contribution >= 0.6 is 22.9 Å². The fourth-order valence-corrected chi connectivity index (χ4v) is 4.99. The summed E-state index contributed by atoms with van der Waals surface area (Å²) in [4.78, 5) is 44.5. The Kier molecular flexibility index (Phi) is 6.39.